The standard InChI is InChI=1S/C27H35ClN2O3/c1-20-11-13-25(29-27(20)32)23(10-4-3-9-21(2)31)22-12-14-26(24(28)19-22)33-18-8-7-17-30-15-5-6-16-30/h10-14,19H,3-9,15-18H2,1-2H3,(H,29,32)/b23-10+. The molecule has 1 saturated heterocycles. The highest BCUT2D eigenvalue weighted by atomic mass is 35.5. The summed E-state index contributed by atoms with van der Waals surface area (Å²) >= 11 is 6.56. The Labute approximate surface area is 201 Å². The van der Waals surface area contributed by atoms with Gasteiger partial charge in [0.05, 0.1) is 11.6 Å². The lowest BCUT2D eigenvalue weighted by Crippen LogP contribution is -2.20. The van der Waals surface area contributed by atoms with Crippen molar-refractivity contribution in [1.82, 2.24) is 9.88 Å². The number of H-pyrrole nitrogens is 1. The smallest absolute Gasteiger partial charge is 0.251 e. The van der Waals surface area contributed by atoms with E-state index < -0.39 is 0 Å². The second-order valence-electron chi connectivity index (χ2n) is 8.85. The van der Waals surface area contributed by atoms with Crippen LogP contribution in [0, 0.1) is 6.92 Å². The van der Waals surface area contributed by atoms with Crippen molar-refractivity contribution in [3.63, 3.8) is 0 Å². The van der Waals surface area contributed by atoms with Crippen molar-refractivity contribution >= 4 is 23.0 Å². The molecule has 178 valence electrons. The van der Waals surface area contributed by atoms with Crippen LogP contribution in [-0.2, 0) is 4.79 Å². The molecule has 0 aliphatic carbocycles. The number of ether oxygens (including phenoxy) is 1. The van der Waals surface area contributed by atoms with Crippen molar-refractivity contribution < 1.29 is 9.53 Å². The molecule has 2 heterocycles. The Bertz CT molecular complexity index is 1020. The molecule has 2 aromatic rings. The number of halogens is 1. The molecule has 0 bridgehead atoms. The van der Waals surface area contributed by atoms with Gasteiger partial charge in [-0.3, -0.25) is 4.79 Å². The van der Waals surface area contributed by atoms with Gasteiger partial charge in [0.1, 0.15) is 11.5 Å². The number of hydrogen-bond acceptors (Lipinski definition) is 4. The van der Waals surface area contributed by atoms with Crippen LogP contribution >= 0.6 is 11.6 Å². The minimum atomic E-state index is -0.109. The average Bonchev–Trinajstić information content (AvgIpc) is 3.30. The van der Waals surface area contributed by atoms with Crippen LogP contribution in [0.15, 0.2) is 41.2 Å². The maximum atomic E-state index is 12.2. The highest BCUT2D eigenvalue weighted by Gasteiger charge is 2.12. The number of pyridine rings is 1. The van der Waals surface area contributed by atoms with Gasteiger partial charge in [-0.25, -0.2) is 0 Å². The number of nitrogens with zero attached hydrogens (tertiary/aromatic N) is 1. The van der Waals surface area contributed by atoms with Gasteiger partial charge in [0.15, 0.2) is 0 Å². The fourth-order valence-corrected chi connectivity index (χ4v) is 4.33. The zero-order chi connectivity index (χ0) is 23.6. The Morgan fingerprint density at radius 3 is 2.64 bits per heavy atom. The molecule has 0 saturated carbocycles. The van der Waals surface area contributed by atoms with Crippen LogP contribution in [-0.4, -0.2) is 41.9 Å². The Hall–Kier alpha value is -2.37. The molecule has 1 N–H and O–H groups in total. The highest BCUT2D eigenvalue weighted by molar-refractivity contribution is 6.32. The maximum absolute atomic E-state index is 12.2. The molecule has 0 radical (unpaired) electrons. The molecule has 0 spiro atoms. The molecule has 0 amide bonds. The molecule has 5 nitrogen and oxygen atoms in total. The number of Topliss-reactive ketones (excluding diaryl/α,β-unsaturated/α-hetero) is 1. The topological polar surface area (TPSA) is 62.4 Å². The predicted octanol–water partition coefficient (Wildman–Crippen LogP) is 5.78. The van der Waals surface area contributed by atoms with Crippen LogP contribution in [0.5, 0.6) is 5.75 Å². The molecule has 0 atom stereocenters. The number of benzene rings is 1. The molecule has 33 heavy (non-hydrogen) atoms. The minimum absolute atomic E-state index is 0.109. The summed E-state index contributed by atoms with van der Waals surface area (Å²) in [6.45, 7) is 7.63. The number of carbonyl (C=O) groups excluding carboxylic acids is 1. The van der Waals surface area contributed by atoms with Crippen LogP contribution in [0.25, 0.3) is 5.57 Å². The number of hydrogen-bond donors (Lipinski definition) is 1. The molecular formula is C27H35ClN2O3. The van der Waals surface area contributed by atoms with E-state index in [1.807, 2.05) is 30.3 Å². The van der Waals surface area contributed by atoms with E-state index in [1.54, 1.807) is 13.8 Å². The first-order valence-electron chi connectivity index (χ1n) is 12.0. The largest absolute Gasteiger partial charge is 0.492 e. The second-order valence-corrected chi connectivity index (χ2v) is 9.25. The summed E-state index contributed by atoms with van der Waals surface area (Å²) in [4.78, 5) is 29.0. The van der Waals surface area contributed by atoms with Crippen LogP contribution in [0.2, 0.25) is 5.02 Å². The van der Waals surface area contributed by atoms with E-state index in [4.69, 9.17) is 16.3 Å². The first-order chi connectivity index (χ1) is 15.9. The maximum Gasteiger partial charge on any atom is 0.251 e. The van der Waals surface area contributed by atoms with Crippen molar-refractivity contribution in [1.29, 1.82) is 0 Å². The van der Waals surface area contributed by atoms with E-state index in [1.165, 1.54) is 25.9 Å². The number of aromatic nitrogens is 1. The van der Waals surface area contributed by atoms with Crippen molar-refractivity contribution in [3.8, 4) is 5.75 Å². The summed E-state index contributed by atoms with van der Waals surface area (Å²) in [5, 5.41) is 0.552. The van der Waals surface area contributed by atoms with Gasteiger partial charge in [-0.2, -0.15) is 0 Å². The molecule has 0 unspecified atom stereocenters. The highest BCUT2D eigenvalue weighted by Crippen LogP contribution is 2.31. The lowest BCUT2D eigenvalue weighted by atomic mass is 9.99. The fourth-order valence-electron chi connectivity index (χ4n) is 4.10. The number of allylic oxidation sites excluding steroid dienone is 1. The molecule has 1 aromatic carbocycles. The number of aromatic amines is 1. The van der Waals surface area contributed by atoms with E-state index >= 15 is 0 Å². The number of ketones is 1. The Balaban J connectivity index is 1.67. The minimum Gasteiger partial charge on any atom is -0.492 e. The van der Waals surface area contributed by atoms with Gasteiger partial charge < -0.3 is 19.4 Å². The third-order valence-electron chi connectivity index (χ3n) is 6.05. The van der Waals surface area contributed by atoms with E-state index in [0.29, 0.717) is 29.4 Å². The number of carbonyl (C=O) groups is 1. The Morgan fingerprint density at radius 2 is 1.94 bits per heavy atom. The lowest BCUT2D eigenvalue weighted by molar-refractivity contribution is -0.117. The van der Waals surface area contributed by atoms with Gasteiger partial charge in [-0.05, 0) is 95.8 Å². The fraction of sp³-hybridized carbons (Fsp3) is 0.481. The number of likely N-dealkylation sites (tertiary alicyclic amines) is 1. The SMILES string of the molecule is CC(=O)CCC/C=C(\c1ccc(OCCCCN2CCCC2)c(Cl)c1)c1ccc(C)c(=O)[nH]1. The molecule has 1 aromatic heterocycles. The van der Waals surface area contributed by atoms with Gasteiger partial charge in [0.2, 0.25) is 0 Å². The molecular weight excluding hydrogens is 436 g/mol. The lowest BCUT2D eigenvalue weighted by Gasteiger charge is -2.15. The first-order valence-corrected chi connectivity index (χ1v) is 12.4. The quantitative estimate of drug-likeness (QED) is 0.399. The van der Waals surface area contributed by atoms with E-state index in [2.05, 4.69) is 16.0 Å². The van der Waals surface area contributed by atoms with Gasteiger partial charge in [0, 0.05) is 23.3 Å². The zero-order valence-corrected chi connectivity index (χ0v) is 20.5. The summed E-state index contributed by atoms with van der Waals surface area (Å²) in [7, 11) is 0. The van der Waals surface area contributed by atoms with Gasteiger partial charge >= 0.3 is 0 Å². The third kappa shape index (κ3) is 7.86. The van der Waals surface area contributed by atoms with Gasteiger partial charge in [-0.1, -0.05) is 29.8 Å². The van der Waals surface area contributed by atoms with Crippen molar-refractivity contribution in [2.24, 2.45) is 0 Å². The third-order valence-corrected chi connectivity index (χ3v) is 6.34. The predicted molar refractivity (Wildman–Crippen MR) is 135 cm³/mol. The first kappa shape index (κ1) is 25.3. The number of nitrogens with one attached hydrogen (secondary N) is 1. The molecule has 6 heteroatoms. The molecule has 1 aliphatic heterocycles. The monoisotopic (exact) mass is 470 g/mol. The Morgan fingerprint density at radius 1 is 1.15 bits per heavy atom. The van der Waals surface area contributed by atoms with Crippen molar-refractivity contribution in [3.05, 3.63) is 68.6 Å². The van der Waals surface area contributed by atoms with Crippen LogP contribution in [0.3, 0.4) is 0 Å². The van der Waals surface area contributed by atoms with Gasteiger partial charge in [-0.15, -0.1) is 0 Å². The summed E-state index contributed by atoms with van der Waals surface area (Å²) in [5.41, 5.74) is 3.10. The summed E-state index contributed by atoms with van der Waals surface area (Å²) in [6, 6.07) is 9.48. The van der Waals surface area contributed by atoms with E-state index in [-0.39, 0.29) is 11.3 Å². The molecule has 3 rings (SSSR count). The van der Waals surface area contributed by atoms with Crippen LogP contribution < -0.4 is 10.3 Å². The normalized spacial score (nSPS) is 14.6. The number of aryl methyl sites for hydroxylation is 1. The number of rotatable bonds is 12. The van der Waals surface area contributed by atoms with Crippen LogP contribution in [0.4, 0.5) is 0 Å². The Kier molecular flexibility index (Phi) is 9.76. The molecule has 1 aliphatic rings. The average molecular weight is 471 g/mol. The molecule has 1 fully saturated rings. The zero-order valence-electron chi connectivity index (χ0n) is 19.8. The summed E-state index contributed by atoms with van der Waals surface area (Å²) < 4.78 is 5.94. The van der Waals surface area contributed by atoms with E-state index in [0.717, 1.165) is 49.1 Å². The number of unbranched alkanes of at least 4 members (excludes halogenated alkanes) is 2. The summed E-state index contributed by atoms with van der Waals surface area (Å²) in [6.07, 6.45) is 8.88. The van der Waals surface area contributed by atoms with Crippen molar-refractivity contribution in [2.75, 3.05) is 26.2 Å². The van der Waals surface area contributed by atoms with Crippen molar-refractivity contribution in [2.45, 2.75) is 58.8 Å². The second kappa shape index (κ2) is 12.8. The summed E-state index contributed by atoms with van der Waals surface area (Å²) in [5.74, 6) is 0.855. The van der Waals surface area contributed by atoms with Crippen LogP contribution in [0.1, 0.15) is 68.7 Å². The van der Waals surface area contributed by atoms with Gasteiger partial charge in [0.25, 0.3) is 5.56 Å². The van der Waals surface area contributed by atoms with E-state index in [9.17, 15) is 9.59 Å².